The van der Waals surface area contributed by atoms with Crippen LogP contribution in [0.3, 0.4) is 0 Å². The summed E-state index contributed by atoms with van der Waals surface area (Å²) in [7, 11) is 0. The molecule has 1 N–H and O–H groups in total. The summed E-state index contributed by atoms with van der Waals surface area (Å²) in [6.45, 7) is 5.78. The van der Waals surface area contributed by atoms with E-state index < -0.39 is 17.3 Å². The van der Waals surface area contributed by atoms with Crippen molar-refractivity contribution in [3.8, 4) is 0 Å². The minimum absolute atomic E-state index is 0.191. The molecule has 174 valence electrons. The van der Waals surface area contributed by atoms with Gasteiger partial charge in [0.05, 0.1) is 16.3 Å². The van der Waals surface area contributed by atoms with Crippen LogP contribution in [0.5, 0.6) is 0 Å². The van der Waals surface area contributed by atoms with Gasteiger partial charge in [-0.2, -0.15) is 13.2 Å². The van der Waals surface area contributed by atoms with Crippen molar-refractivity contribution in [2.24, 2.45) is 5.41 Å². The average Bonchev–Trinajstić information content (AvgIpc) is 2.72. The fourth-order valence-corrected chi connectivity index (χ4v) is 3.89. The number of pyridine rings is 1. The molecule has 0 bridgehead atoms. The molecule has 33 heavy (non-hydrogen) atoms. The van der Waals surface area contributed by atoms with Crippen molar-refractivity contribution in [3.05, 3.63) is 100 Å². The lowest BCUT2D eigenvalue weighted by atomic mass is 9.79. The second-order valence-electron chi connectivity index (χ2n) is 9.29. The number of amides is 1. The van der Waals surface area contributed by atoms with Gasteiger partial charge in [0.2, 0.25) is 5.91 Å². The Labute approximate surface area is 197 Å². The Hall–Kier alpha value is -2.86. The molecule has 0 radical (unpaired) electrons. The normalized spacial score (nSPS) is 13.9. The molecule has 1 atom stereocenters. The minimum Gasteiger partial charge on any atom is -0.341 e. The first-order valence-corrected chi connectivity index (χ1v) is 10.9. The Bertz CT molecular complexity index is 1090. The zero-order chi connectivity index (χ0) is 24.3. The fourth-order valence-electron chi connectivity index (χ4n) is 3.78. The summed E-state index contributed by atoms with van der Waals surface area (Å²) in [5, 5.41) is 3.44. The van der Waals surface area contributed by atoms with Gasteiger partial charge in [-0.05, 0) is 40.8 Å². The number of rotatable bonds is 6. The van der Waals surface area contributed by atoms with E-state index in [-0.39, 0.29) is 24.2 Å². The summed E-state index contributed by atoms with van der Waals surface area (Å²) >= 11 is 6.05. The molecule has 0 aliphatic heterocycles. The molecule has 0 aliphatic rings. The maximum absolute atomic E-state index is 13.6. The number of hydrogen-bond acceptors (Lipinski definition) is 2. The van der Waals surface area contributed by atoms with Gasteiger partial charge in [-0.25, -0.2) is 0 Å². The molecule has 0 fully saturated rings. The molecular formula is C26H26ClF3N2O. The smallest absolute Gasteiger partial charge is 0.341 e. The zero-order valence-corrected chi connectivity index (χ0v) is 19.5. The lowest BCUT2D eigenvalue weighted by molar-refractivity contribution is -0.137. The van der Waals surface area contributed by atoms with Crippen LogP contribution in [0.15, 0.2) is 72.9 Å². The van der Waals surface area contributed by atoms with Gasteiger partial charge in [-0.15, -0.1) is 0 Å². The minimum atomic E-state index is -4.53. The number of aromatic nitrogens is 1. The monoisotopic (exact) mass is 474 g/mol. The van der Waals surface area contributed by atoms with Gasteiger partial charge in [0.1, 0.15) is 5.54 Å². The molecule has 3 rings (SSSR count). The number of benzene rings is 2. The summed E-state index contributed by atoms with van der Waals surface area (Å²) < 4.78 is 40.8. The Morgan fingerprint density at radius 1 is 0.939 bits per heavy atom. The van der Waals surface area contributed by atoms with E-state index in [1.54, 1.807) is 18.2 Å². The summed E-state index contributed by atoms with van der Waals surface area (Å²) in [5.41, 5.74) is -0.922. The van der Waals surface area contributed by atoms with Crippen LogP contribution < -0.4 is 5.32 Å². The molecule has 3 nitrogen and oxygen atoms in total. The predicted molar refractivity (Wildman–Crippen MR) is 124 cm³/mol. The number of nitrogens with zero attached hydrogens (tertiary/aromatic N) is 1. The van der Waals surface area contributed by atoms with Crippen molar-refractivity contribution in [1.82, 2.24) is 10.3 Å². The predicted octanol–water partition coefficient (Wildman–Crippen LogP) is 6.79. The maximum Gasteiger partial charge on any atom is 0.416 e. The van der Waals surface area contributed by atoms with E-state index in [4.69, 9.17) is 11.6 Å². The van der Waals surface area contributed by atoms with E-state index in [0.29, 0.717) is 16.3 Å². The maximum atomic E-state index is 13.6. The zero-order valence-electron chi connectivity index (χ0n) is 18.7. The highest BCUT2D eigenvalue weighted by molar-refractivity contribution is 6.30. The van der Waals surface area contributed by atoms with E-state index in [2.05, 4.69) is 10.3 Å². The first-order chi connectivity index (χ1) is 15.4. The van der Waals surface area contributed by atoms with Gasteiger partial charge in [-0.3, -0.25) is 9.78 Å². The Morgan fingerprint density at radius 3 is 2.18 bits per heavy atom. The standard InChI is InChI=1S/C26H26ClF3N2O/c1-24(2,3)16-23(33)32-25(15-18-8-5-4-6-9-18,22-13-12-21(27)17-31-22)19-10-7-11-20(14-19)26(28,29)30/h4-14,17H,15-16H2,1-3H3,(H,32,33). The number of alkyl halides is 3. The van der Waals surface area contributed by atoms with Gasteiger partial charge >= 0.3 is 6.18 Å². The molecule has 1 heterocycles. The molecule has 0 saturated heterocycles. The first-order valence-electron chi connectivity index (χ1n) is 10.5. The molecular weight excluding hydrogens is 449 g/mol. The van der Waals surface area contributed by atoms with Gasteiger partial charge in [0.25, 0.3) is 0 Å². The van der Waals surface area contributed by atoms with E-state index in [9.17, 15) is 18.0 Å². The van der Waals surface area contributed by atoms with Crippen molar-refractivity contribution in [2.45, 2.75) is 45.3 Å². The molecule has 1 aromatic heterocycles. The molecule has 3 aromatic rings. The van der Waals surface area contributed by atoms with Crippen molar-refractivity contribution >= 4 is 17.5 Å². The van der Waals surface area contributed by atoms with Gasteiger partial charge in [-0.1, -0.05) is 74.8 Å². The largest absolute Gasteiger partial charge is 0.416 e. The molecule has 1 amide bonds. The lowest BCUT2D eigenvalue weighted by Gasteiger charge is -2.36. The average molecular weight is 475 g/mol. The van der Waals surface area contributed by atoms with Crippen LogP contribution in [0.2, 0.25) is 5.02 Å². The van der Waals surface area contributed by atoms with Crippen molar-refractivity contribution in [1.29, 1.82) is 0 Å². The first kappa shape index (κ1) is 24.8. The van der Waals surface area contributed by atoms with E-state index in [1.807, 2.05) is 51.1 Å². The number of carbonyl (C=O) groups is 1. The second-order valence-corrected chi connectivity index (χ2v) is 9.73. The quantitative estimate of drug-likeness (QED) is 0.427. The Balaban J connectivity index is 2.24. The van der Waals surface area contributed by atoms with Crippen LogP contribution in [-0.4, -0.2) is 10.9 Å². The van der Waals surface area contributed by atoms with Gasteiger partial charge in [0, 0.05) is 19.0 Å². The fraction of sp³-hybridized carbons (Fsp3) is 0.308. The van der Waals surface area contributed by atoms with Crippen molar-refractivity contribution in [3.63, 3.8) is 0 Å². The highest BCUT2D eigenvalue weighted by Crippen LogP contribution is 2.37. The van der Waals surface area contributed by atoms with Crippen LogP contribution in [-0.2, 0) is 22.9 Å². The number of halogens is 4. The third-order valence-corrected chi connectivity index (χ3v) is 5.43. The third-order valence-electron chi connectivity index (χ3n) is 5.20. The highest BCUT2D eigenvalue weighted by atomic mass is 35.5. The molecule has 7 heteroatoms. The van der Waals surface area contributed by atoms with Crippen LogP contribution in [0.1, 0.15) is 49.6 Å². The second kappa shape index (κ2) is 9.56. The van der Waals surface area contributed by atoms with Gasteiger partial charge < -0.3 is 5.32 Å². The summed E-state index contributed by atoms with van der Waals surface area (Å²) in [6, 6.07) is 17.6. The van der Waals surface area contributed by atoms with E-state index >= 15 is 0 Å². The number of hydrogen-bond donors (Lipinski definition) is 1. The van der Waals surface area contributed by atoms with Crippen LogP contribution in [0.4, 0.5) is 13.2 Å². The molecule has 1 unspecified atom stereocenters. The topological polar surface area (TPSA) is 42.0 Å². The molecule has 0 saturated carbocycles. The third kappa shape index (κ3) is 6.35. The lowest BCUT2D eigenvalue weighted by Crippen LogP contribution is -2.50. The number of carbonyl (C=O) groups excluding carboxylic acids is 1. The number of nitrogens with one attached hydrogen (secondary N) is 1. The van der Waals surface area contributed by atoms with Crippen molar-refractivity contribution < 1.29 is 18.0 Å². The van der Waals surface area contributed by atoms with Crippen LogP contribution >= 0.6 is 11.6 Å². The molecule has 0 aliphatic carbocycles. The molecule has 2 aromatic carbocycles. The summed E-state index contributed by atoms with van der Waals surface area (Å²) in [6.07, 6.45) is -2.70. The summed E-state index contributed by atoms with van der Waals surface area (Å²) in [4.78, 5) is 17.6. The Morgan fingerprint density at radius 2 is 1.61 bits per heavy atom. The summed E-state index contributed by atoms with van der Waals surface area (Å²) in [5.74, 6) is -0.285. The Kier molecular flexibility index (Phi) is 7.17. The van der Waals surface area contributed by atoms with E-state index in [1.165, 1.54) is 12.3 Å². The van der Waals surface area contributed by atoms with Gasteiger partial charge in [0.15, 0.2) is 0 Å². The molecule has 0 spiro atoms. The van der Waals surface area contributed by atoms with Crippen LogP contribution in [0, 0.1) is 5.41 Å². The highest BCUT2D eigenvalue weighted by Gasteiger charge is 2.40. The van der Waals surface area contributed by atoms with Crippen molar-refractivity contribution in [2.75, 3.05) is 0 Å². The van der Waals surface area contributed by atoms with E-state index in [0.717, 1.165) is 17.7 Å². The SMILES string of the molecule is CC(C)(C)CC(=O)NC(Cc1ccccc1)(c1cccc(C(F)(F)F)c1)c1ccc(Cl)cn1. The van der Waals surface area contributed by atoms with Crippen LogP contribution in [0.25, 0.3) is 0 Å².